The van der Waals surface area contributed by atoms with E-state index in [1.54, 1.807) is 0 Å². The summed E-state index contributed by atoms with van der Waals surface area (Å²) < 4.78 is 0. The number of benzene rings is 1. The number of carbonyl (C=O) groups excluding carboxylic acids is 1. The zero-order chi connectivity index (χ0) is 13.8. The summed E-state index contributed by atoms with van der Waals surface area (Å²) in [6, 6.07) is 8.65. The van der Waals surface area contributed by atoms with Gasteiger partial charge in [0.25, 0.3) is 5.91 Å². The quantitative estimate of drug-likeness (QED) is 0.888. The van der Waals surface area contributed by atoms with E-state index in [0.717, 1.165) is 31.5 Å². The van der Waals surface area contributed by atoms with Crippen molar-refractivity contribution >= 4 is 5.91 Å². The summed E-state index contributed by atoms with van der Waals surface area (Å²) in [5, 5.41) is 6.54. The van der Waals surface area contributed by atoms with Crippen molar-refractivity contribution in [3.05, 3.63) is 35.4 Å². The SMILES string of the molecule is O=C(NC1CCCC1)c1ccc(C2CCNCC2)cc1. The first-order valence-corrected chi connectivity index (χ1v) is 7.94. The van der Waals surface area contributed by atoms with Crippen LogP contribution in [-0.2, 0) is 0 Å². The fourth-order valence-corrected chi connectivity index (χ4v) is 3.40. The molecule has 1 aromatic carbocycles. The van der Waals surface area contributed by atoms with Crippen molar-refractivity contribution < 1.29 is 4.79 Å². The summed E-state index contributed by atoms with van der Waals surface area (Å²) in [6.07, 6.45) is 7.18. The third-order valence-corrected chi connectivity index (χ3v) is 4.67. The van der Waals surface area contributed by atoms with E-state index in [2.05, 4.69) is 22.8 Å². The monoisotopic (exact) mass is 272 g/mol. The molecule has 108 valence electrons. The van der Waals surface area contributed by atoms with Crippen LogP contribution in [0.15, 0.2) is 24.3 Å². The van der Waals surface area contributed by atoms with Gasteiger partial charge in [0.05, 0.1) is 0 Å². The second-order valence-corrected chi connectivity index (χ2v) is 6.10. The lowest BCUT2D eigenvalue weighted by Crippen LogP contribution is -2.32. The predicted molar refractivity (Wildman–Crippen MR) is 81.0 cm³/mol. The largest absolute Gasteiger partial charge is 0.349 e. The Bertz CT molecular complexity index is 443. The Morgan fingerprint density at radius 1 is 1.00 bits per heavy atom. The van der Waals surface area contributed by atoms with Crippen molar-refractivity contribution in [1.82, 2.24) is 10.6 Å². The average molecular weight is 272 g/mol. The Morgan fingerprint density at radius 2 is 1.65 bits per heavy atom. The lowest BCUT2D eigenvalue weighted by molar-refractivity contribution is 0.0938. The number of hydrogen-bond donors (Lipinski definition) is 2. The van der Waals surface area contributed by atoms with Gasteiger partial charge >= 0.3 is 0 Å². The van der Waals surface area contributed by atoms with Crippen LogP contribution in [0.1, 0.15) is 60.4 Å². The third kappa shape index (κ3) is 3.21. The molecule has 0 atom stereocenters. The van der Waals surface area contributed by atoms with Crippen molar-refractivity contribution in [1.29, 1.82) is 0 Å². The molecule has 0 bridgehead atoms. The first-order valence-electron chi connectivity index (χ1n) is 7.94. The molecule has 1 aliphatic heterocycles. The van der Waals surface area contributed by atoms with Crippen molar-refractivity contribution in [3.8, 4) is 0 Å². The maximum absolute atomic E-state index is 12.2. The summed E-state index contributed by atoms with van der Waals surface area (Å²) in [4.78, 5) is 12.2. The lowest BCUT2D eigenvalue weighted by atomic mass is 9.90. The topological polar surface area (TPSA) is 41.1 Å². The van der Waals surface area contributed by atoms with Crippen LogP contribution in [0.25, 0.3) is 0 Å². The summed E-state index contributed by atoms with van der Waals surface area (Å²) in [7, 11) is 0. The van der Waals surface area contributed by atoms with Crippen LogP contribution in [0.5, 0.6) is 0 Å². The molecule has 3 nitrogen and oxygen atoms in total. The number of rotatable bonds is 3. The number of piperidine rings is 1. The van der Waals surface area contributed by atoms with Crippen LogP contribution in [0, 0.1) is 0 Å². The molecule has 1 saturated heterocycles. The molecule has 0 unspecified atom stereocenters. The van der Waals surface area contributed by atoms with Crippen LogP contribution in [-0.4, -0.2) is 25.0 Å². The van der Waals surface area contributed by atoms with Gasteiger partial charge in [-0.1, -0.05) is 25.0 Å². The maximum atomic E-state index is 12.2. The Morgan fingerprint density at radius 3 is 2.30 bits per heavy atom. The predicted octanol–water partition coefficient (Wildman–Crippen LogP) is 2.83. The number of nitrogens with one attached hydrogen (secondary N) is 2. The summed E-state index contributed by atoms with van der Waals surface area (Å²) >= 11 is 0. The molecule has 2 aliphatic rings. The minimum atomic E-state index is 0.0914. The molecular formula is C17H24N2O. The molecule has 1 aromatic rings. The Labute approximate surface area is 121 Å². The van der Waals surface area contributed by atoms with Crippen molar-refractivity contribution in [2.24, 2.45) is 0 Å². The number of hydrogen-bond acceptors (Lipinski definition) is 2. The van der Waals surface area contributed by atoms with Crippen molar-refractivity contribution in [2.45, 2.75) is 50.5 Å². The van der Waals surface area contributed by atoms with Crippen LogP contribution in [0.2, 0.25) is 0 Å². The van der Waals surface area contributed by atoms with E-state index >= 15 is 0 Å². The molecular weight excluding hydrogens is 248 g/mol. The lowest BCUT2D eigenvalue weighted by Gasteiger charge is -2.23. The van der Waals surface area contributed by atoms with Crippen LogP contribution in [0.3, 0.4) is 0 Å². The smallest absolute Gasteiger partial charge is 0.251 e. The van der Waals surface area contributed by atoms with Gasteiger partial charge in [-0.2, -0.15) is 0 Å². The fourth-order valence-electron chi connectivity index (χ4n) is 3.40. The van der Waals surface area contributed by atoms with E-state index in [0.29, 0.717) is 12.0 Å². The van der Waals surface area contributed by atoms with Gasteiger partial charge < -0.3 is 10.6 Å². The Balaban J connectivity index is 1.61. The Hall–Kier alpha value is -1.35. The molecule has 1 amide bonds. The molecule has 2 N–H and O–H groups in total. The Kier molecular flexibility index (Phi) is 4.36. The first-order chi connectivity index (χ1) is 9.83. The van der Waals surface area contributed by atoms with Gasteiger partial charge in [-0.3, -0.25) is 4.79 Å². The minimum Gasteiger partial charge on any atom is -0.349 e. The molecule has 0 aromatic heterocycles. The molecule has 3 rings (SSSR count). The maximum Gasteiger partial charge on any atom is 0.251 e. The first kappa shape index (κ1) is 13.6. The molecule has 1 aliphatic carbocycles. The highest BCUT2D eigenvalue weighted by Gasteiger charge is 2.19. The van der Waals surface area contributed by atoms with E-state index < -0.39 is 0 Å². The summed E-state index contributed by atoms with van der Waals surface area (Å²) in [6.45, 7) is 2.21. The fraction of sp³-hybridized carbons (Fsp3) is 0.588. The van der Waals surface area contributed by atoms with Gasteiger partial charge in [-0.15, -0.1) is 0 Å². The second kappa shape index (κ2) is 6.40. The van der Waals surface area contributed by atoms with Crippen molar-refractivity contribution in [3.63, 3.8) is 0 Å². The average Bonchev–Trinajstić information content (AvgIpc) is 3.01. The van der Waals surface area contributed by atoms with Gasteiger partial charge in [0.1, 0.15) is 0 Å². The summed E-state index contributed by atoms with van der Waals surface area (Å²) in [5.74, 6) is 0.747. The molecule has 3 heteroatoms. The third-order valence-electron chi connectivity index (χ3n) is 4.67. The molecule has 1 saturated carbocycles. The zero-order valence-corrected chi connectivity index (χ0v) is 12.0. The van der Waals surface area contributed by atoms with Gasteiger partial charge in [0, 0.05) is 11.6 Å². The minimum absolute atomic E-state index is 0.0914. The van der Waals surface area contributed by atoms with E-state index in [1.165, 1.54) is 31.2 Å². The van der Waals surface area contributed by atoms with E-state index in [-0.39, 0.29) is 5.91 Å². The van der Waals surface area contributed by atoms with Crippen LogP contribution >= 0.6 is 0 Å². The number of amides is 1. The highest BCUT2D eigenvalue weighted by Crippen LogP contribution is 2.25. The highest BCUT2D eigenvalue weighted by atomic mass is 16.1. The number of carbonyl (C=O) groups is 1. The normalized spacial score (nSPS) is 21.0. The van der Waals surface area contributed by atoms with Crippen LogP contribution < -0.4 is 10.6 Å². The van der Waals surface area contributed by atoms with Crippen molar-refractivity contribution in [2.75, 3.05) is 13.1 Å². The van der Waals surface area contributed by atoms with Crippen LogP contribution in [0.4, 0.5) is 0 Å². The van der Waals surface area contributed by atoms with Gasteiger partial charge in [-0.05, 0) is 62.4 Å². The molecule has 0 spiro atoms. The van der Waals surface area contributed by atoms with Gasteiger partial charge in [-0.25, -0.2) is 0 Å². The second-order valence-electron chi connectivity index (χ2n) is 6.10. The van der Waals surface area contributed by atoms with E-state index in [9.17, 15) is 4.79 Å². The molecule has 1 heterocycles. The molecule has 2 fully saturated rings. The highest BCUT2D eigenvalue weighted by molar-refractivity contribution is 5.94. The summed E-state index contributed by atoms with van der Waals surface area (Å²) in [5.41, 5.74) is 2.18. The van der Waals surface area contributed by atoms with Gasteiger partial charge in [0.2, 0.25) is 0 Å². The standard InChI is InChI=1S/C17H24N2O/c20-17(19-16-3-1-2-4-16)15-7-5-13(6-8-15)14-9-11-18-12-10-14/h5-8,14,16,18H,1-4,9-12H2,(H,19,20). The molecule has 0 radical (unpaired) electrons. The van der Waals surface area contributed by atoms with E-state index in [4.69, 9.17) is 0 Å². The van der Waals surface area contributed by atoms with E-state index in [1.807, 2.05) is 12.1 Å². The zero-order valence-electron chi connectivity index (χ0n) is 12.0. The molecule has 20 heavy (non-hydrogen) atoms. The van der Waals surface area contributed by atoms with Gasteiger partial charge in [0.15, 0.2) is 0 Å².